The van der Waals surface area contributed by atoms with Crippen LogP contribution in [0.15, 0.2) is 98.9 Å². The van der Waals surface area contributed by atoms with Gasteiger partial charge in [0.05, 0.1) is 11.4 Å². The number of hydrogen-bond acceptors (Lipinski definition) is 8. The SMILES string of the molecule is O=C(CSC1=N/C(=C/c2ccc3c(c2)OCO3)C(=O)N1c1ccccc1)c1c(=O)o[nH][n+]1-c1ccccc1. The molecule has 6 rings (SSSR count). The minimum atomic E-state index is -0.785. The first-order valence-electron chi connectivity index (χ1n) is 11.5. The summed E-state index contributed by atoms with van der Waals surface area (Å²) in [7, 11) is 0. The Balaban J connectivity index is 1.30. The van der Waals surface area contributed by atoms with Crippen LogP contribution in [0.2, 0.25) is 0 Å². The number of ketones is 1. The van der Waals surface area contributed by atoms with Crippen LogP contribution in [0, 0.1) is 0 Å². The molecule has 0 bridgehead atoms. The van der Waals surface area contributed by atoms with E-state index in [4.69, 9.17) is 14.0 Å². The van der Waals surface area contributed by atoms with Crippen LogP contribution in [0.4, 0.5) is 5.69 Å². The van der Waals surface area contributed by atoms with Crippen LogP contribution in [0.3, 0.4) is 0 Å². The van der Waals surface area contributed by atoms with E-state index in [0.29, 0.717) is 33.6 Å². The molecule has 0 saturated heterocycles. The van der Waals surface area contributed by atoms with Gasteiger partial charge in [-0.3, -0.25) is 19.0 Å². The number of fused-ring (bicyclic) bond motifs is 1. The normalized spacial score (nSPS) is 15.3. The van der Waals surface area contributed by atoms with E-state index < -0.39 is 11.4 Å². The quantitative estimate of drug-likeness (QED) is 0.232. The Morgan fingerprint density at radius 3 is 2.53 bits per heavy atom. The second kappa shape index (κ2) is 9.87. The number of Topliss-reactive ketones (excluding diaryl/α,β-unsaturated/α-hetero) is 1. The van der Waals surface area contributed by atoms with Crippen molar-refractivity contribution in [1.82, 2.24) is 5.27 Å². The molecular formula is C27H19N4O6S+. The number of aromatic amines is 1. The summed E-state index contributed by atoms with van der Waals surface area (Å²) in [4.78, 5) is 44.9. The molecule has 0 unspecified atom stereocenters. The Morgan fingerprint density at radius 2 is 1.74 bits per heavy atom. The minimum Gasteiger partial charge on any atom is -0.454 e. The molecule has 1 aromatic heterocycles. The van der Waals surface area contributed by atoms with Gasteiger partial charge in [0.15, 0.2) is 16.7 Å². The molecule has 2 aliphatic rings. The first kappa shape index (κ1) is 23.5. The Morgan fingerprint density at radius 1 is 1.00 bits per heavy atom. The number of carbonyl (C=O) groups is 2. The third-order valence-corrected chi connectivity index (χ3v) is 6.74. The molecule has 188 valence electrons. The molecule has 0 radical (unpaired) electrons. The zero-order valence-electron chi connectivity index (χ0n) is 19.7. The molecule has 0 saturated carbocycles. The second-order valence-corrected chi connectivity index (χ2v) is 9.17. The van der Waals surface area contributed by atoms with Crippen molar-refractivity contribution in [1.29, 1.82) is 0 Å². The van der Waals surface area contributed by atoms with Crippen molar-refractivity contribution in [3.05, 3.63) is 106 Å². The number of para-hydroxylation sites is 2. The summed E-state index contributed by atoms with van der Waals surface area (Å²) in [5, 5.41) is 2.78. The van der Waals surface area contributed by atoms with E-state index in [9.17, 15) is 14.4 Å². The second-order valence-electron chi connectivity index (χ2n) is 8.22. The number of aliphatic imine (C=N–C) groups is 1. The lowest BCUT2D eigenvalue weighted by molar-refractivity contribution is -0.672. The molecular weight excluding hydrogens is 508 g/mol. The smallest absolute Gasteiger partial charge is 0.438 e. The van der Waals surface area contributed by atoms with Crippen molar-refractivity contribution < 1.29 is 28.3 Å². The summed E-state index contributed by atoms with van der Waals surface area (Å²) in [6.45, 7) is 0.146. The Hall–Kier alpha value is -4.90. The Labute approximate surface area is 219 Å². The van der Waals surface area contributed by atoms with Crippen LogP contribution in [0.1, 0.15) is 16.1 Å². The molecule has 3 heterocycles. The van der Waals surface area contributed by atoms with Gasteiger partial charge in [-0.05, 0) is 45.9 Å². The third kappa shape index (κ3) is 4.39. The number of thioether (sulfide) groups is 1. The number of anilines is 1. The molecule has 0 spiro atoms. The van der Waals surface area contributed by atoms with E-state index in [2.05, 4.69) is 10.3 Å². The average Bonchev–Trinajstić information content (AvgIpc) is 3.65. The van der Waals surface area contributed by atoms with Crippen molar-refractivity contribution in [2.45, 2.75) is 0 Å². The van der Waals surface area contributed by atoms with E-state index in [1.54, 1.807) is 60.7 Å². The zero-order valence-corrected chi connectivity index (χ0v) is 20.5. The fraction of sp³-hybridized carbons (Fsp3) is 0.0741. The number of nitrogens with one attached hydrogen (secondary N) is 1. The molecule has 0 aliphatic carbocycles. The Kier molecular flexibility index (Phi) is 6.10. The largest absolute Gasteiger partial charge is 0.454 e. The first-order chi connectivity index (χ1) is 18.6. The standard InChI is InChI=1S/C27H18N4O6S/c32-21(24-26(34)37-29-31(24)19-9-5-2-6-10-19)15-38-27-28-20(25(33)30(27)18-7-3-1-4-8-18)13-17-11-12-22-23(14-17)36-16-35-22/h1-14H,15-16H2/p+1/b20-13+. The van der Waals surface area contributed by atoms with E-state index >= 15 is 0 Å². The molecule has 0 fully saturated rings. The predicted molar refractivity (Wildman–Crippen MR) is 140 cm³/mol. The van der Waals surface area contributed by atoms with Gasteiger partial charge in [-0.1, -0.05) is 54.2 Å². The summed E-state index contributed by atoms with van der Waals surface area (Å²) in [5.41, 5.74) is 1.14. The van der Waals surface area contributed by atoms with Crippen LogP contribution >= 0.6 is 11.8 Å². The third-order valence-electron chi connectivity index (χ3n) is 5.80. The minimum absolute atomic E-state index is 0.146. The molecule has 38 heavy (non-hydrogen) atoms. The number of amides is 1. The summed E-state index contributed by atoms with van der Waals surface area (Å²) >= 11 is 1.06. The van der Waals surface area contributed by atoms with Gasteiger partial charge in [0.1, 0.15) is 5.70 Å². The molecule has 10 nitrogen and oxygen atoms in total. The molecule has 1 amide bonds. The monoisotopic (exact) mass is 527 g/mol. The lowest BCUT2D eigenvalue weighted by Gasteiger charge is -2.17. The summed E-state index contributed by atoms with van der Waals surface area (Å²) < 4.78 is 17.0. The van der Waals surface area contributed by atoms with Crippen LogP contribution in [-0.2, 0) is 4.79 Å². The van der Waals surface area contributed by atoms with Gasteiger partial charge in [0, 0.05) is 12.1 Å². The maximum absolute atomic E-state index is 13.4. The molecule has 2 aliphatic heterocycles. The first-order valence-corrected chi connectivity index (χ1v) is 12.5. The van der Waals surface area contributed by atoms with Gasteiger partial charge in [0.25, 0.3) is 5.91 Å². The van der Waals surface area contributed by atoms with Gasteiger partial charge in [-0.15, -0.1) is 0 Å². The van der Waals surface area contributed by atoms with Crippen LogP contribution in [0.25, 0.3) is 11.8 Å². The highest BCUT2D eigenvalue weighted by Gasteiger charge is 2.35. The van der Waals surface area contributed by atoms with Crippen molar-refractivity contribution in [2.24, 2.45) is 4.99 Å². The topological polar surface area (TPSA) is 118 Å². The highest BCUT2D eigenvalue weighted by Crippen LogP contribution is 2.34. The number of hydrogen-bond donors (Lipinski definition) is 1. The number of nitrogens with zero attached hydrogens (tertiary/aromatic N) is 3. The number of benzene rings is 3. The van der Waals surface area contributed by atoms with Gasteiger partial charge >= 0.3 is 11.3 Å². The van der Waals surface area contributed by atoms with Crippen LogP contribution in [-0.4, -0.2) is 34.7 Å². The van der Waals surface area contributed by atoms with E-state index in [1.165, 1.54) is 9.58 Å². The highest BCUT2D eigenvalue weighted by molar-refractivity contribution is 8.14. The lowest BCUT2D eigenvalue weighted by Crippen LogP contribution is -2.41. The van der Waals surface area contributed by atoms with E-state index in [-0.39, 0.29) is 29.8 Å². The zero-order chi connectivity index (χ0) is 26.1. The maximum Gasteiger partial charge on any atom is 0.438 e. The number of H-pyrrole nitrogens is 1. The predicted octanol–water partition coefficient (Wildman–Crippen LogP) is 3.33. The fourth-order valence-corrected chi connectivity index (χ4v) is 4.90. The summed E-state index contributed by atoms with van der Waals surface area (Å²) in [5.74, 6) is 0.249. The summed E-state index contributed by atoms with van der Waals surface area (Å²) in [6.07, 6.45) is 1.65. The number of ether oxygens (including phenoxy) is 2. The van der Waals surface area contributed by atoms with Crippen LogP contribution in [0.5, 0.6) is 11.5 Å². The molecule has 11 heteroatoms. The fourth-order valence-electron chi connectivity index (χ4n) is 4.03. The molecule has 4 aromatic rings. The Bertz CT molecular complexity index is 1660. The van der Waals surface area contributed by atoms with Gasteiger partial charge in [0.2, 0.25) is 18.3 Å². The number of rotatable bonds is 6. The van der Waals surface area contributed by atoms with Gasteiger partial charge < -0.3 is 9.47 Å². The van der Waals surface area contributed by atoms with Gasteiger partial charge in [-0.25, -0.2) is 9.79 Å². The van der Waals surface area contributed by atoms with Crippen molar-refractivity contribution in [3.63, 3.8) is 0 Å². The molecule has 0 atom stereocenters. The van der Waals surface area contributed by atoms with Gasteiger partial charge in [-0.2, -0.15) is 0 Å². The van der Waals surface area contributed by atoms with E-state index in [0.717, 1.165) is 11.8 Å². The number of amidine groups is 1. The number of aromatic nitrogens is 2. The van der Waals surface area contributed by atoms with E-state index in [1.807, 2.05) is 24.3 Å². The summed E-state index contributed by atoms with van der Waals surface area (Å²) in [6, 6.07) is 23.2. The van der Waals surface area contributed by atoms with Crippen molar-refractivity contribution >= 4 is 40.4 Å². The molecule has 1 N–H and O–H groups in total. The maximum atomic E-state index is 13.4. The van der Waals surface area contributed by atoms with Crippen molar-refractivity contribution in [3.8, 4) is 17.2 Å². The van der Waals surface area contributed by atoms with Crippen molar-refractivity contribution in [2.75, 3.05) is 17.4 Å². The average molecular weight is 528 g/mol. The van der Waals surface area contributed by atoms with Crippen LogP contribution < -0.4 is 24.7 Å². The lowest BCUT2D eigenvalue weighted by atomic mass is 10.1. The highest BCUT2D eigenvalue weighted by atomic mass is 32.2. The number of carbonyl (C=O) groups excluding carboxylic acids is 2. The molecule has 3 aromatic carbocycles.